The fourth-order valence-electron chi connectivity index (χ4n) is 2.40. The number of carboxylic acid groups (broad SMARTS) is 1. The maximum atomic E-state index is 11.3. The third-order valence-corrected chi connectivity index (χ3v) is 3.31. The van der Waals surface area contributed by atoms with Gasteiger partial charge >= 0.3 is 5.97 Å². The van der Waals surface area contributed by atoms with Crippen LogP contribution < -0.4 is 0 Å². The molecule has 2 unspecified atom stereocenters. The molecule has 4 nitrogen and oxygen atoms in total. The van der Waals surface area contributed by atoms with Gasteiger partial charge in [-0.05, 0) is 52.7 Å². The average molecular weight is 215 g/mol. The van der Waals surface area contributed by atoms with E-state index in [0.29, 0.717) is 19.3 Å². The van der Waals surface area contributed by atoms with E-state index < -0.39 is 17.5 Å². The van der Waals surface area contributed by atoms with Crippen LogP contribution in [0, 0.1) is 5.41 Å². The lowest BCUT2D eigenvalue weighted by molar-refractivity contribution is -0.151. The third-order valence-electron chi connectivity index (χ3n) is 3.31. The van der Waals surface area contributed by atoms with Crippen LogP contribution in [0.15, 0.2) is 0 Å². The highest BCUT2D eigenvalue weighted by atomic mass is 16.4. The molecule has 1 aliphatic rings. The number of nitrogens with zero attached hydrogens (tertiary/aromatic N) is 1. The van der Waals surface area contributed by atoms with Crippen molar-refractivity contribution >= 4 is 5.97 Å². The molecule has 4 heteroatoms. The molecular formula is C11H21NO3. The standard InChI is InChI=1S/C11H21NO3/c1-9(13)8-11(10(14)15)4-3-6-12(2)7-5-11/h9,13H,3-8H2,1-2H3,(H,14,15). The lowest BCUT2D eigenvalue weighted by Crippen LogP contribution is -2.35. The van der Waals surface area contributed by atoms with Crippen LogP contribution in [0.1, 0.15) is 32.6 Å². The van der Waals surface area contributed by atoms with Gasteiger partial charge in [-0.3, -0.25) is 4.79 Å². The van der Waals surface area contributed by atoms with Gasteiger partial charge in [-0.1, -0.05) is 0 Å². The summed E-state index contributed by atoms with van der Waals surface area (Å²) in [6.07, 6.45) is 2.05. The van der Waals surface area contributed by atoms with E-state index in [-0.39, 0.29) is 0 Å². The maximum absolute atomic E-state index is 11.3. The fraction of sp³-hybridized carbons (Fsp3) is 0.909. The highest BCUT2D eigenvalue weighted by Gasteiger charge is 2.40. The Kier molecular flexibility index (Phi) is 4.11. The Bertz CT molecular complexity index is 230. The Balaban J connectivity index is 2.75. The molecule has 0 aromatic carbocycles. The first-order valence-electron chi connectivity index (χ1n) is 5.56. The highest BCUT2D eigenvalue weighted by molar-refractivity contribution is 5.74. The predicted molar refractivity (Wildman–Crippen MR) is 57.7 cm³/mol. The van der Waals surface area contributed by atoms with E-state index >= 15 is 0 Å². The number of aliphatic carboxylic acids is 1. The zero-order valence-electron chi connectivity index (χ0n) is 9.57. The first kappa shape index (κ1) is 12.5. The van der Waals surface area contributed by atoms with E-state index in [1.165, 1.54) is 0 Å². The van der Waals surface area contributed by atoms with Crippen molar-refractivity contribution in [1.82, 2.24) is 4.90 Å². The van der Waals surface area contributed by atoms with Crippen molar-refractivity contribution in [1.29, 1.82) is 0 Å². The molecule has 1 saturated heterocycles. The van der Waals surface area contributed by atoms with Crippen LogP contribution in [-0.4, -0.2) is 47.3 Å². The van der Waals surface area contributed by atoms with Crippen LogP contribution in [0.2, 0.25) is 0 Å². The Morgan fingerprint density at radius 3 is 2.67 bits per heavy atom. The van der Waals surface area contributed by atoms with Gasteiger partial charge in [0, 0.05) is 0 Å². The van der Waals surface area contributed by atoms with Crippen molar-refractivity contribution in [3.05, 3.63) is 0 Å². The number of rotatable bonds is 3. The smallest absolute Gasteiger partial charge is 0.309 e. The van der Waals surface area contributed by atoms with Crippen LogP contribution >= 0.6 is 0 Å². The SMILES string of the molecule is CC(O)CC1(C(=O)O)CCCN(C)CC1. The Hall–Kier alpha value is -0.610. The lowest BCUT2D eigenvalue weighted by atomic mass is 9.76. The van der Waals surface area contributed by atoms with Gasteiger partial charge in [0.15, 0.2) is 0 Å². The molecule has 0 amide bonds. The van der Waals surface area contributed by atoms with Crippen molar-refractivity contribution in [3.63, 3.8) is 0 Å². The minimum Gasteiger partial charge on any atom is -0.481 e. The number of carboxylic acids is 1. The average Bonchev–Trinajstić information content (AvgIpc) is 2.28. The molecule has 1 aliphatic heterocycles. The topological polar surface area (TPSA) is 60.8 Å². The maximum Gasteiger partial charge on any atom is 0.309 e. The molecule has 1 rings (SSSR count). The molecule has 0 aliphatic carbocycles. The van der Waals surface area contributed by atoms with E-state index in [0.717, 1.165) is 19.5 Å². The summed E-state index contributed by atoms with van der Waals surface area (Å²) in [4.78, 5) is 13.5. The van der Waals surface area contributed by atoms with Gasteiger partial charge in [0.2, 0.25) is 0 Å². The first-order chi connectivity index (χ1) is 6.96. The monoisotopic (exact) mass is 215 g/mol. The predicted octanol–water partition coefficient (Wildman–Crippen LogP) is 0.944. The zero-order chi connectivity index (χ0) is 11.5. The molecule has 0 bridgehead atoms. The quantitative estimate of drug-likeness (QED) is 0.735. The highest BCUT2D eigenvalue weighted by Crippen LogP contribution is 2.36. The molecule has 0 aromatic heterocycles. The van der Waals surface area contributed by atoms with Crippen LogP contribution in [0.5, 0.6) is 0 Å². The number of aliphatic hydroxyl groups is 1. The van der Waals surface area contributed by atoms with Crippen LogP contribution in [-0.2, 0) is 4.79 Å². The number of hydrogen-bond donors (Lipinski definition) is 2. The molecule has 2 N–H and O–H groups in total. The van der Waals surface area contributed by atoms with Crippen molar-refractivity contribution in [2.24, 2.45) is 5.41 Å². The summed E-state index contributed by atoms with van der Waals surface area (Å²) in [6, 6.07) is 0. The summed E-state index contributed by atoms with van der Waals surface area (Å²) in [6.45, 7) is 3.42. The third kappa shape index (κ3) is 3.18. The Morgan fingerprint density at radius 1 is 1.47 bits per heavy atom. The van der Waals surface area contributed by atoms with Crippen molar-refractivity contribution in [2.45, 2.75) is 38.7 Å². The molecule has 0 spiro atoms. The second-order valence-electron chi connectivity index (χ2n) is 4.80. The van der Waals surface area contributed by atoms with Crippen molar-refractivity contribution < 1.29 is 15.0 Å². The van der Waals surface area contributed by atoms with Crippen molar-refractivity contribution in [2.75, 3.05) is 20.1 Å². The molecule has 0 saturated carbocycles. The molecule has 88 valence electrons. The minimum absolute atomic E-state index is 0.371. The van der Waals surface area contributed by atoms with Gasteiger partial charge < -0.3 is 15.1 Å². The number of aliphatic hydroxyl groups excluding tert-OH is 1. The molecule has 1 heterocycles. The van der Waals surface area contributed by atoms with E-state index in [4.69, 9.17) is 0 Å². The molecule has 0 aromatic rings. The van der Waals surface area contributed by atoms with Gasteiger partial charge in [0.05, 0.1) is 11.5 Å². The fourth-order valence-corrected chi connectivity index (χ4v) is 2.40. The largest absolute Gasteiger partial charge is 0.481 e. The van der Waals surface area contributed by atoms with Crippen LogP contribution in [0.3, 0.4) is 0 Å². The molecule has 0 radical (unpaired) electrons. The number of likely N-dealkylation sites (tertiary alicyclic amines) is 1. The Morgan fingerprint density at radius 2 is 2.13 bits per heavy atom. The van der Waals surface area contributed by atoms with E-state index in [1.807, 2.05) is 7.05 Å². The van der Waals surface area contributed by atoms with E-state index in [9.17, 15) is 15.0 Å². The minimum atomic E-state index is -0.751. The molecule has 2 atom stereocenters. The van der Waals surface area contributed by atoms with Crippen LogP contribution in [0.25, 0.3) is 0 Å². The number of carbonyl (C=O) groups is 1. The second kappa shape index (κ2) is 4.94. The van der Waals surface area contributed by atoms with Gasteiger partial charge in [-0.2, -0.15) is 0 Å². The van der Waals surface area contributed by atoms with Gasteiger partial charge in [0.25, 0.3) is 0 Å². The van der Waals surface area contributed by atoms with Crippen LogP contribution in [0.4, 0.5) is 0 Å². The Labute approximate surface area is 90.9 Å². The first-order valence-corrected chi connectivity index (χ1v) is 5.56. The summed E-state index contributed by atoms with van der Waals surface area (Å²) >= 11 is 0. The lowest BCUT2D eigenvalue weighted by Gasteiger charge is -2.29. The van der Waals surface area contributed by atoms with Gasteiger partial charge in [-0.25, -0.2) is 0 Å². The van der Waals surface area contributed by atoms with Gasteiger partial charge in [-0.15, -0.1) is 0 Å². The van der Waals surface area contributed by atoms with E-state index in [1.54, 1.807) is 6.92 Å². The number of hydrogen-bond acceptors (Lipinski definition) is 3. The second-order valence-corrected chi connectivity index (χ2v) is 4.80. The van der Waals surface area contributed by atoms with E-state index in [2.05, 4.69) is 4.90 Å². The molecule has 15 heavy (non-hydrogen) atoms. The normalized spacial score (nSPS) is 30.9. The zero-order valence-corrected chi connectivity index (χ0v) is 9.57. The van der Waals surface area contributed by atoms with Gasteiger partial charge in [0.1, 0.15) is 0 Å². The summed E-state index contributed by atoms with van der Waals surface area (Å²) in [5.41, 5.74) is -0.709. The summed E-state index contributed by atoms with van der Waals surface area (Å²) in [5.74, 6) is -0.751. The molecule has 1 fully saturated rings. The van der Waals surface area contributed by atoms with Crippen molar-refractivity contribution in [3.8, 4) is 0 Å². The summed E-state index contributed by atoms with van der Waals surface area (Å²) in [7, 11) is 2.01. The molecular weight excluding hydrogens is 194 g/mol. The summed E-state index contributed by atoms with van der Waals surface area (Å²) in [5, 5.41) is 18.7. The summed E-state index contributed by atoms with van der Waals surface area (Å²) < 4.78 is 0.